The molecule has 1 aromatic carbocycles. The molecule has 2 aromatic rings. The normalized spacial score (nSPS) is 15.4. The van der Waals surface area contributed by atoms with Crippen LogP contribution in [0.25, 0.3) is 11.0 Å². The molecule has 1 aliphatic rings. The summed E-state index contributed by atoms with van der Waals surface area (Å²) >= 11 is 0. The van der Waals surface area contributed by atoms with Crippen molar-refractivity contribution in [1.29, 1.82) is 0 Å². The van der Waals surface area contributed by atoms with Crippen LogP contribution in [0.5, 0.6) is 0 Å². The van der Waals surface area contributed by atoms with Crippen molar-refractivity contribution in [2.75, 3.05) is 0 Å². The second kappa shape index (κ2) is 13.9. The highest BCUT2D eigenvalue weighted by Gasteiger charge is 2.39. The number of hydrogen-bond acceptors (Lipinski definition) is 5. The van der Waals surface area contributed by atoms with Crippen molar-refractivity contribution < 1.29 is 22.9 Å². The second-order valence-corrected chi connectivity index (χ2v) is 11.5. The summed E-state index contributed by atoms with van der Waals surface area (Å²) in [5, 5.41) is 12.3. The Morgan fingerprint density at radius 2 is 1.42 bits per heavy atom. The molecule has 36 heavy (non-hydrogen) atoms. The van der Waals surface area contributed by atoms with E-state index < -0.39 is 21.3 Å². The molecule has 0 bridgehead atoms. The predicted molar refractivity (Wildman–Crippen MR) is 143 cm³/mol. The van der Waals surface area contributed by atoms with Crippen LogP contribution < -0.4 is 0 Å². The molecule has 8 nitrogen and oxygen atoms in total. The van der Waals surface area contributed by atoms with Gasteiger partial charge in [-0.1, -0.05) is 96.8 Å². The van der Waals surface area contributed by atoms with E-state index in [-0.39, 0.29) is 11.4 Å². The highest BCUT2D eigenvalue weighted by molar-refractivity contribution is 7.86. The molecule has 0 unspecified atom stereocenters. The predicted octanol–water partition coefficient (Wildman–Crippen LogP) is 7.14. The smallest absolute Gasteiger partial charge is 0.335 e. The largest absolute Gasteiger partial charge is 0.478 e. The van der Waals surface area contributed by atoms with Crippen molar-refractivity contribution >= 4 is 32.8 Å². The first-order valence-electron chi connectivity index (χ1n) is 13.6. The van der Waals surface area contributed by atoms with Crippen molar-refractivity contribution in [3.8, 4) is 0 Å². The number of nitrogens with zero attached hydrogens (tertiary/aromatic N) is 3. The van der Waals surface area contributed by atoms with Gasteiger partial charge in [0.1, 0.15) is 0 Å². The van der Waals surface area contributed by atoms with Crippen LogP contribution in [0, 0.1) is 0 Å². The Bertz CT molecular complexity index is 1140. The Morgan fingerprint density at radius 3 is 1.92 bits per heavy atom. The van der Waals surface area contributed by atoms with Crippen molar-refractivity contribution in [1.82, 2.24) is 9.66 Å². The fraction of sp³-hybridized carbons (Fsp3) is 0.667. The van der Waals surface area contributed by atoms with Gasteiger partial charge >= 0.3 is 5.97 Å². The molecular weight excluding hydrogens is 478 g/mol. The standard InChI is InChI=1S/C27H41N3O5S/c1-2-3-4-5-6-7-8-9-10-11-12-13-14-15-16-17-22-25(36(33,34)35)26-28-23-20-21(27(31)32)18-19-24(23)30(26)29-22/h18-20,25H,2-17H2,1H3,(H,31,32)(H,33,34,35)/t25-/m0/s1. The molecule has 1 aliphatic heterocycles. The third-order valence-corrected chi connectivity index (χ3v) is 8.08. The summed E-state index contributed by atoms with van der Waals surface area (Å²) in [6.07, 6.45) is 19.3. The van der Waals surface area contributed by atoms with Crippen LogP contribution in [0.1, 0.15) is 131 Å². The fourth-order valence-electron chi connectivity index (χ4n) is 4.99. The number of rotatable bonds is 18. The first kappa shape index (κ1) is 28.3. The number of aromatic nitrogens is 2. The zero-order valence-electron chi connectivity index (χ0n) is 21.5. The van der Waals surface area contributed by atoms with Gasteiger partial charge in [-0.15, -0.1) is 0 Å². The van der Waals surface area contributed by atoms with Crippen LogP contribution in [0.2, 0.25) is 0 Å². The molecule has 3 rings (SSSR count). The van der Waals surface area contributed by atoms with Crippen molar-refractivity contribution in [3.63, 3.8) is 0 Å². The molecule has 2 N–H and O–H groups in total. The summed E-state index contributed by atoms with van der Waals surface area (Å²) in [6.45, 7) is 2.25. The monoisotopic (exact) mass is 519 g/mol. The van der Waals surface area contributed by atoms with Crippen LogP contribution in [0.15, 0.2) is 23.3 Å². The van der Waals surface area contributed by atoms with Crippen LogP contribution in [-0.4, -0.2) is 39.4 Å². The average Bonchev–Trinajstić information content (AvgIpc) is 3.36. The third kappa shape index (κ3) is 7.87. The first-order chi connectivity index (χ1) is 17.3. The van der Waals surface area contributed by atoms with E-state index in [1.54, 1.807) is 6.07 Å². The highest BCUT2D eigenvalue weighted by atomic mass is 32.2. The Labute approximate surface area is 214 Å². The lowest BCUT2D eigenvalue weighted by Gasteiger charge is -2.09. The number of carbonyl (C=O) groups is 1. The highest BCUT2D eigenvalue weighted by Crippen LogP contribution is 2.34. The molecule has 0 saturated heterocycles. The first-order valence-corrected chi connectivity index (χ1v) is 15.1. The third-order valence-electron chi connectivity index (χ3n) is 7.00. The molecule has 200 valence electrons. The van der Waals surface area contributed by atoms with Gasteiger partial charge in [-0.05, 0) is 31.0 Å². The molecule has 2 heterocycles. The molecule has 1 atom stereocenters. The molecule has 0 fully saturated rings. The van der Waals surface area contributed by atoms with Gasteiger partial charge in [-0.25, -0.2) is 14.5 Å². The number of benzene rings is 1. The molecule has 0 saturated carbocycles. The SMILES string of the molecule is CCCCCCCCCCCCCCCCCC1=Nn2c(nc3cc(C(=O)O)ccc32)[C@H]1S(=O)(=O)O. The zero-order valence-corrected chi connectivity index (χ0v) is 22.3. The molecule has 1 aromatic heterocycles. The molecule has 9 heteroatoms. The second-order valence-electron chi connectivity index (χ2n) is 9.98. The minimum Gasteiger partial charge on any atom is -0.478 e. The van der Waals surface area contributed by atoms with E-state index in [0.717, 1.165) is 19.3 Å². The lowest BCUT2D eigenvalue weighted by molar-refractivity contribution is 0.0697. The van der Waals surface area contributed by atoms with E-state index in [9.17, 15) is 22.9 Å². The van der Waals surface area contributed by atoms with E-state index in [1.165, 1.54) is 93.9 Å². The number of carboxylic acids is 1. The molecule has 0 spiro atoms. The van der Waals surface area contributed by atoms with Crippen LogP contribution in [0.4, 0.5) is 0 Å². The summed E-state index contributed by atoms with van der Waals surface area (Å²) in [4.78, 5) is 15.5. The Balaban J connectivity index is 1.37. The molecule has 0 aliphatic carbocycles. The lowest BCUT2D eigenvalue weighted by atomic mass is 10.0. The summed E-state index contributed by atoms with van der Waals surface area (Å²) in [5.41, 5.74) is 1.31. The van der Waals surface area contributed by atoms with Crippen molar-refractivity contribution in [3.05, 3.63) is 29.6 Å². The van der Waals surface area contributed by atoms with Crippen LogP contribution in [-0.2, 0) is 10.1 Å². The van der Waals surface area contributed by atoms with Crippen LogP contribution >= 0.6 is 0 Å². The van der Waals surface area contributed by atoms with Gasteiger partial charge < -0.3 is 5.11 Å². The van der Waals surface area contributed by atoms with Gasteiger partial charge in [0.25, 0.3) is 10.1 Å². The van der Waals surface area contributed by atoms with Gasteiger partial charge in [0.05, 0.1) is 22.3 Å². The summed E-state index contributed by atoms with van der Waals surface area (Å²) in [7, 11) is -4.44. The maximum atomic E-state index is 12.1. The molecular formula is C27H41N3O5S. The van der Waals surface area contributed by atoms with E-state index in [0.29, 0.717) is 23.2 Å². The molecule has 0 radical (unpaired) electrons. The van der Waals surface area contributed by atoms with E-state index >= 15 is 0 Å². The summed E-state index contributed by atoms with van der Waals surface area (Å²) in [6, 6.07) is 4.38. The van der Waals surface area contributed by atoms with Gasteiger partial charge in [0.2, 0.25) is 0 Å². The molecule has 0 amide bonds. The lowest BCUT2D eigenvalue weighted by Crippen LogP contribution is -2.19. The maximum Gasteiger partial charge on any atom is 0.335 e. The number of hydrogen-bond donors (Lipinski definition) is 2. The number of aromatic carboxylic acids is 1. The van der Waals surface area contributed by atoms with Crippen molar-refractivity contribution in [2.45, 2.75) is 115 Å². The van der Waals surface area contributed by atoms with E-state index in [2.05, 4.69) is 17.0 Å². The van der Waals surface area contributed by atoms with Crippen molar-refractivity contribution in [2.24, 2.45) is 5.10 Å². The van der Waals surface area contributed by atoms with E-state index in [1.807, 2.05) is 0 Å². The Hall–Kier alpha value is -2.26. The maximum absolute atomic E-state index is 12.1. The summed E-state index contributed by atoms with van der Waals surface area (Å²) in [5.74, 6) is -0.972. The van der Waals surface area contributed by atoms with Gasteiger partial charge in [-0.2, -0.15) is 13.5 Å². The van der Waals surface area contributed by atoms with Crippen LogP contribution in [0.3, 0.4) is 0 Å². The number of imidazole rings is 1. The Morgan fingerprint density at radius 1 is 0.889 bits per heavy atom. The summed E-state index contributed by atoms with van der Waals surface area (Å²) < 4.78 is 35.6. The number of carboxylic acid groups (broad SMARTS) is 1. The van der Waals surface area contributed by atoms with E-state index in [4.69, 9.17) is 0 Å². The topological polar surface area (TPSA) is 122 Å². The quantitative estimate of drug-likeness (QED) is 0.159. The Kier molecular flexibility index (Phi) is 10.9. The van der Waals surface area contributed by atoms with Gasteiger partial charge in [0, 0.05) is 0 Å². The van der Waals surface area contributed by atoms with Gasteiger partial charge in [-0.3, -0.25) is 4.55 Å². The average molecular weight is 520 g/mol. The minimum atomic E-state index is -4.44. The number of fused-ring (bicyclic) bond motifs is 3. The zero-order chi connectivity index (χ0) is 26.0. The number of unbranched alkanes of at least 4 members (excludes halogenated alkanes) is 14. The van der Waals surface area contributed by atoms with Gasteiger partial charge in [0.15, 0.2) is 11.1 Å². The minimum absolute atomic E-state index is 0.0599. The fourth-order valence-corrected chi connectivity index (χ4v) is 5.92.